The van der Waals surface area contributed by atoms with Gasteiger partial charge in [-0.2, -0.15) is 10.1 Å². The van der Waals surface area contributed by atoms with Crippen LogP contribution < -0.4 is 10.6 Å². The Hall–Kier alpha value is -4.31. The van der Waals surface area contributed by atoms with E-state index < -0.39 is 23.3 Å². The molecule has 10 heteroatoms. The van der Waals surface area contributed by atoms with Gasteiger partial charge >= 0.3 is 5.97 Å². The number of amides is 1. The van der Waals surface area contributed by atoms with Crippen molar-refractivity contribution in [2.24, 2.45) is 5.10 Å². The maximum absolute atomic E-state index is 12.9. The summed E-state index contributed by atoms with van der Waals surface area (Å²) in [5.74, 6) is -2.16. The molecule has 32 heavy (non-hydrogen) atoms. The Labute approximate surface area is 186 Å². The number of anilines is 1. The number of carbonyl (C=O) groups is 2. The molecule has 2 heterocycles. The predicted octanol–water partition coefficient (Wildman–Crippen LogP) is 3.10. The SMILES string of the molecule is CC1=NN(c2ccccc2)C(=O)/C1=C\c1c(O)n(-c2cccc(C(=O)O)c2)c(=S)[nH]c1=O. The van der Waals surface area contributed by atoms with Crippen LogP contribution in [0.15, 0.2) is 70.1 Å². The zero-order valence-electron chi connectivity index (χ0n) is 16.6. The van der Waals surface area contributed by atoms with Crippen LogP contribution in [0.1, 0.15) is 22.8 Å². The number of aromatic carboxylic acids is 1. The van der Waals surface area contributed by atoms with Crippen LogP contribution in [0.5, 0.6) is 5.88 Å². The van der Waals surface area contributed by atoms with Gasteiger partial charge in [-0.1, -0.05) is 24.3 Å². The topological polar surface area (TPSA) is 128 Å². The zero-order valence-corrected chi connectivity index (χ0v) is 17.5. The van der Waals surface area contributed by atoms with E-state index in [-0.39, 0.29) is 27.2 Å². The Morgan fingerprint density at radius 2 is 1.78 bits per heavy atom. The van der Waals surface area contributed by atoms with Crippen molar-refractivity contribution >= 4 is 41.6 Å². The van der Waals surface area contributed by atoms with Gasteiger partial charge in [0, 0.05) is 0 Å². The number of carboxylic acids is 1. The molecule has 0 spiro atoms. The largest absolute Gasteiger partial charge is 0.494 e. The highest BCUT2D eigenvalue weighted by Gasteiger charge is 2.29. The lowest BCUT2D eigenvalue weighted by atomic mass is 10.1. The summed E-state index contributed by atoms with van der Waals surface area (Å²) in [6, 6.07) is 14.5. The molecule has 1 aliphatic rings. The van der Waals surface area contributed by atoms with Crippen LogP contribution in [0.25, 0.3) is 11.8 Å². The standard InChI is InChI=1S/C22H16N4O5S/c1-12-16(20(29)26(24-12)14-7-3-2-4-8-14)11-17-18(27)23-22(32)25(19(17)28)15-9-5-6-13(10-15)21(30)31/h2-11,28H,1H3,(H,30,31)(H,23,27,32)/b16-11-. The number of carbonyl (C=O) groups excluding carboxylic acids is 1. The fourth-order valence-electron chi connectivity index (χ4n) is 3.26. The van der Waals surface area contributed by atoms with E-state index in [2.05, 4.69) is 10.1 Å². The molecular formula is C22H16N4O5S. The summed E-state index contributed by atoms with van der Waals surface area (Å²) < 4.78 is 0.988. The fraction of sp³-hybridized carbons (Fsp3) is 0.0455. The molecule has 0 atom stereocenters. The van der Waals surface area contributed by atoms with Gasteiger partial charge in [0.15, 0.2) is 4.77 Å². The lowest BCUT2D eigenvalue weighted by molar-refractivity contribution is -0.114. The molecule has 0 radical (unpaired) electrons. The van der Waals surface area contributed by atoms with Gasteiger partial charge in [-0.15, -0.1) is 0 Å². The van der Waals surface area contributed by atoms with Crippen molar-refractivity contribution in [1.82, 2.24) is 9.55 Å². The molecule has 0 bridgehead atoms. The van der Waals surface area contributed by atoms with Crippen molar-refractivity contribution in [2.75, 3.05) is 5.01 Å². The van der Waals surface area contributed by atoms with E-state index in [0.717, 1.165) is 4.57 Å². The number of hydrazone groups is 1. The van der Waals surface area contributed by atoms with Gasteiger partial charge in [-0.05, 0) is 55.5 Å². The first kappa shape index (κ1) is 20.9. The second kappa shape index (κ2) is 8.08. The van der Waals surface area contributed by atoms with E-state index in [4.69, 9.17) is 12.2 Å². The van der Waals surface area contributed by atoms with Crippen LogP contribution in [-0.2, 0) is 4.79 Å². The monoisotopic (exact) mass is 448 g/mol. The first-order chi connectivity index (χ1) is 15.3. The molecule has 3 N–H and O–H groups in total. The number of aromatic hydroxyl groups is 1. The minimum atomic E-state index is -1.16. The Bertz CT molecular complexity index is 1440. The lowest BCUT2D eigenvalue weighted by Crippen LogP contribution is -2.22. The first-order valence-corrected chi connectivity index (χ1v) is 9.77. The molecule has 1 aliphatic heterocycles. The number of aromatic nitrogens is 2. The summed E-state index contributed by atoms with van der Waals surface area (Å²) in [5.41, 5.74) is 0.327. The van der Waals surface area contributed by atoms with Gasteiger partial charge in [-0.25, -0.2) is 4.79 Å². The highest BCUT2D eigenvalue weighted by atomic mass is 32.1. The van der Waals surface area contributed by atoms with Gasteiger partial charge in [0.25, 0.3) is 11.5 Å². The van der Waals surface area contributed by atoms with Crippen LogP contribution in [0.4, 0.5) is 5.69 Å². The number of nitrogens with zero attached hydrogens (tertiary/aromatic N) is 3. The number of carboxylic acid groups (broad SMARTS) is 1. The summed E-state index contributed by atoms with van der Waals surface area (Å²) in [6.07, 6.45) is 1.24. The maximum Gasteiger partial charge on any atom is 0.335 e. The average molecular weight is 448 g/mol. The molecule has 2 aromatic carbocycles. The normalized spacial score (nSPS) is 14.7. The van der Waals surface area contributed by atoms with Crippen molar-refractivity contribution in [2.45, 2.75) is 6.92 Å². The average Bonchev–Trinajstić information content (AvgIpc) is 3.05. The van der Waals surface area contributed by atoms with Gasteiger partial charge in [0.1, 0.15) is 5.56 Å². The fourth-order valence-corrected chi connectivity index (χ4v) is 3.54. The minimum Gasteiger partial charge on any atom is -0.494 e. The number of para-hydroxylation sites is 1. The van der Waals surface area contributed by atoms with Gasteiger partial charge in [-0.3, -0.25) is 19.1 Å². The van der Waals surface area contributed by atoms with E-state index in [0.29, 0.717) is 11.4 Å². The Morgan fingerprint density at radius 3 is 2.47 bits per heavy atom. The highest BCUT2D eigenvalue weighted by molar-refractivity contribution is 7.71. The van der Waals surface area contributed by atoms with Gasteiger partial charge < -0.3 is 10.2 Å². The summed E-state index contributed by atoms with van der Waals surface area (Å²) in [6.45, 7) is 1.61. The van der Waals surface area contributed by atoms with E-state index in [1.807, 2.05) is 6.07 Å². The third-order valence-corrected chi connectivity index (χ3v) is 5.11. The summed E-state index contributed by atoms with van der Waals surface area (Å²) in [7, 11) is 0. The van der Waals surface area contributed by atoms with E-state index in [9.17, 15) is 24.6 Å². The molecule has 0 fully saturated rings. The molecule has 1 amide bonds. The van der Waals surface area contributed by atoms with Crippen LogP contribution in [0.2, 0.25) is 0 Å². The van der Waals surface area contributed by atoms with Crippen molar-refractivity contribution in [3.63, 3.8) is 0 Å². The summed E-state index contributed by atoms with van der Waals surface area (Å²) >= 11 is 5.17. The van der Waals surface area contributed by atoms with Crippen molar-refractivity contribution in [3.05, 3.63) is 86.4 Å². The molecule has 0 saturated carbocycles. The van der Waals surface area contributed by atoms with Gasteiger partial charge in [0.2, 0.25) is 5.88 Å². The first-order valence-electron chi connectivity index (χ1n) is 9.36. The van der Waals surface area contributed by atoms with Crippen LogP contribution in [0.3, 0.4) is 0 Å². The second-order valence-corrected chi connectivity index (χ2v) is 7.27. The number of hydrogen-bond donors (Lipinski definition) is 3. The smallest absolute Gasteiger partial charge is 0.335 e. The van der Waals surface area contributed by atoms with Crippen molar-refractivity contribution < 1.29 is 19.8 Å². The molecule has 3 aromatic rings. The van der Waals surface area contributed by atoms with Crippen LogP contribution >= 0.6 is 12.2 Å². The predicted molar refractivity (Wildman–Crippen MR) is 121 cm³/mol. The summed E-state index contributed by atoms with van der Waals surface area (Å²) in [5, 5.41) is 25.6. The van der Waals surface area contributed by atoms with E-state index in [1.165, 1.54) is 35.4 Å². The number of H-pyrrole nitrogens is 1. The second-order valence-electron chi connectivity index (χ2n) is 6.88. The van der Waals surface area contributed by atoms with Crippen molar-refractivity contribution in [3.8, 4) is 11.6 Å². The maximum atomic E-state index is 12.9. The van der Waals surface area contributed by atoms with Crippen LogP contribution in [0, 0.1) is 4.77 Å². The molecule has 0 aliphatic carbocycles. The summed E-state index contributed by atoms with van der Waals surface area (Å²) in [4.78, 5) is 39.3. The molecule has 9 nitrogen and oxygen atoms in total. The zero-order chi connectivity index (χ0) is 23.0. The Morgan fingerprint density at radius 1 is 1.09 bits per heavy atom. The Kier molecular flexibility index (Phi) is 5.29. The molecule has 0 unspecified atom stereocenters. The molecule has 0 saturated heterocycles. The molecular weight excluding hydrogens is 432 g/mol. The number of hydrogen-bond acceptors (Lipinski definition) is 6. The number of benzene rings is 2. The van der Waals surface area contributed by atoms with E-state index >= 15 is 0 Å². The Balaban J connectivity index is 1.84. The third kappa shape index (κ3) is 3.63. The number of aromatic amines is 1. The van der Waals surface area contributed by atoms with E-state index in [1.54, 1.807) is 31.2 Å². The number of nitrogens with one attached hydrogen (secondary N) is 1. The van der Waals surface area contributed by atoms with Crippen molar-refractivity contribution in [1.29, 1.82) is 0 Å². The number of rotatable bonds is 4. The third-order valence-electron chi connectivity index (χ3n) is 4.82. The highest BCUT2D eigenvalue weighted by Crippen LogP contribution is 2.27. The minimum absolute atomic E-state index is 0.0256. The molecule has 4 rings (SSSR count). The molecule has 1 aromatic heterocycles. The molecule has 160 valence electrons. The van der Waals surface area contributed by atoms with Gasteiger partial charge in [0.05, 0.1) is 28.2 Å². The quantitative estimate of drug-likeness (QED) is 0.416. The van der Waals surface area contributed by atoms with Crippen LogP contribution in [-0.4, -0.2) is 37.4 Å². The lowest BCUT2D eigenvalue weighted by Gasteiger charge is -2.13.